The molecule has 0 heterocycles. The standard InChI is InChI=1S/C7H11FN2O/c1-11-4-2-3-7(10,5-8)6-9/h2-3H,4-5,10H2,1H3. The van der Waals surface area contributed by atoms with Gasteiger partial charge < -0.3 is 10.5 Å². The highest BCUT2D eigenvalue weighted by Gasteiger charge is 2.19. The number of methoxy groups -OCH3 is 1. The molecule has 0 spiro atoms. The van der Waals surface area contributed by atoms with Crippen molar-refractivity contribution in [3.05, 3.63) is 12.2 Å². The SMILES string of the molecule is COCC=CC(N)(C#N)CF. The van der Waals surface area contributed by atoms with Gasteiger partial charge in [0.25, 0.3) is 0 Å². The van der Waals surface area contributed by atoms with Crippen molar-refractivity contribution in [2.24, 2.45) is 5.73 Å². The third-order valence-electron chi connectivity index (χ3n) is 1.11. The highest BCUT2D eigenvalue weighted by atomic mass is 19.1. The summed E-state index contributed by atoms with van der Waals surface area (Å²) in [6.07, 6.45) is 2.82. The van der Waals surface area contributed by atoms with E-state index in [4.69, 9.17) is 11.0 Å². The van der Waals surface area contributed by atoms with Gasteiger partial charge in [0, 0.05) is 7.11 Å². The minimum Gasteiger partial charge on any atom is -0.381 e. The molecule has 0 bridgehead atoms. The van der Waals surface area contributed by atoms with Crippen LogP contribution in [0.15, 0.2) is 12.2 Å². The number of ether oxygens (including phenoxy) is 1. The molecule has 0 fully saturated rings. The highest BCUT2D eigenvalue weighted by molar-refractivity contribution is 5.18. The van der Waals surface area contributed by atoms with Crippen molar-refractivity contribution in [3.8, 4) is 6.07 Å². The van der Waals surface area contributed by atoms with Crippen molar-refractivity contribution in [2.75, 3.05) is 20.4 Å². The number of hydrogen-bond donors (Lipinski definition) is 1. The molecule has 2 N–H and O–H groups in total. The molecular formula is C7H11FN2O. The molecule has 0 aliphatic rings. The third-order valence-corrected chi connectivity index (χ3v) is 1.11. The van der Waals surface area contributed by atoms with Crippen LogP contribution in [-0.4, -0.2) is 25.9 Å². The first-order valence-electron chi connectivity index (χ1n) is 3.11. The molecule has 0 aliphatic heterocycles. The summed E-state index contributed by atoms with van der Waals surface area (Å²) in [5, 5.41) is 8.38. The maximum atomic E-state index is 12.0. The molecule has 0 amide bonds. The maximum Gasteiger partial charge on any atom is 0.151 e. The van der Waals surface area contributed by atoms with Crippen molar-refractivity contribution in [2.45, 2.75) is 5.54 Å². The van der Waals surface area contributed by atoms with Gasteiger partial charge in [-0.3, -0.25) is 0 Å². The van der Waals surface area contributed by atoms with Crippen molar-refractivity contribution in [1.82, 2.24) is 0 Å². The van der Waals surface area contributed by atoms with Gasteiger partial charge >= 0.3 is 0 Å². The lowest BCUT2D eigenvalue weighted by Gasteiger charge is -2.10. The van der Waals surface area contributed by atoms with Crippen LogP contribution in [-0.2, 0) is 4.74 Å². The van der Waals surface area contributed by atoms with E-state index >= 15 is 0 Å². The number of hydrogen-bond acceptors (Lipinski definition) is 3. The third kappa shape index (κ3) is 3.71. The Labute approximate surface area is 65.3 Å². The molecule has 1 unspecified atom stereocenters. The van der Waals surface area contributed by atoms with Crippen LogP contribution >= 0.6 is 0 Å². The summed E-state index contributed by atoms with van der Waals surface area (Å²) < 4.78 is 16.7. The number of nitriles is 1. The van der Waals surface area contributed by atoms with Crippen molar-refractivity contribution in [3.63, 3.8) is 0 Å². The topological polar surface area (TPSA) is 59.0 Å². The molecule has 11 heavy (non-hydrogen) atoms. The zero-order valence-electron chi connectivity index (χ0n) is 6.38. The second kappa shape index (κ2) is 4.83. The predicted octanol–water partition coefficient (Wildman–Crippen LogP) is 0.380. The molecule has 4 heteroatoms. The molecule has 1 atom stereocenters. The van der Waals surface area contributed by atoms with E-state index in [1.54, 1.807) is 6.07 Å². The van der Waals surface area contributed by atoms with Crippen LogP contribution in [0.1, 0.15) is 0 Å². The fourth-order valence-corrected chi connectivity index (χ4v) is 0.466. The van der Waals surface area contributed by atoms with Crippen molar-refractivity contribution < 1.29 is 9.13 Å². The molecule has 0 aromatic rings. The van der Waals surface area contributed by atoms with Crippen molar-refractivity contribution >= 4 is 0 Å². The van der Waals surface area contributed by atoms with Crippen LogP contribution in [0, 0.1) is 11.3 Å². The van der Waals surface area contributed by atoms with Gasteiger partial charge in [-0.1, -0.05) is 6.08 Å². The molecular weight excluding hydrogens is 147 g/mol. The molecule has 0 aliphatic carbocycles. The minimum absolute atomic E-state index is 0.334. The van der Waals surface area contributed by atoms with Gasteiger partial charge in [-0.25, -0.2) is 4.39 Å². The van der Waals surface area contributed by atoms with Crippen LogP contribution in [0.25, 0.3) is 0 Å². The molecule has 0 aromatic heterocycles. The van der Waals surface area contributed by atoms with Crippen molar-refractivity contribution in [1.29, 1.82) is 5.26 Å². The highest BCUT2D eigenvalue weighted by Crippen LogP contribution is 2.01. The number of nitrogens with zero attached hydrogens (tertiary/aromatic N) is 1. The monoisotopic (exact) mass is 158 g/mol. The molecule has 0 saturated carbocycles. The van der Waals surface area contributed by atoms with E-state index in [2.05, 4.69) is 4.74 Å². The Bertz CT molecular complexity index is 176. The lowest BCUT2D eigenvalue weighted by Crippen LogP contribution is -2.38. The Balaban J connectivity index is 3.99. The normalized spacial score (nSPS) is 16.2. The second-order valence-electron chi connectivity index (χ2n) is 2.14. The fourth-order valence-electron chi connectivity index (χ4n) is 0.466. The van der Waals surface area contributed by atoms with Gasteiger partial charge in [-0.05, 0) is 6.08 Å². The maximum absolute atomic E-state index is 12.0. The minimum atomic E-state index is -1.49. The second-order valence-corrected chi connectivity index (χ2v) is 2.14. The quantitative estimate of drug-likeness (QED) is 0.602. The largest absolute Gasteiger partial charge is 0.381 e. The van der Waals surface area contributed by atoms with E-state index in [0.29, 0.717) is 6.61 Å². The Kier molecular flexibility index (Phi) is 4.42. The van der Waals surface area contributed by atoms with E-state index in [0.717, 1.165) is 0 Å². The van der Waals surface area contributed by atoms with Gasteiger partial charge in [0.15, 0.2) is 5.54 Å². The lowest BCUT2D eigenvalue weighted by atomic mass is 10.1. The Morgan fingerprint density at radius 1 is 1.82 bits per heavy atom. The van der Waals surface area contributed by atoms with Gasteiger partial charge in [0.05, 0.1) is 12.7 Å². The zero-order chi connectivity index (χ0) is 8.74. The van der Waals surface area contributed by atoms with E-state index in [-0.39, 0.29) is 0 Å². The van der Waals surface area contributed by atoms with Crippen LogP contribution in [0.4, 0.5) is 4.39 Å². The first-order valence-corrected chi connectivity index (χ1v) is 3.11. The molecule has 0 radical (unpaired) electrons. The number of rotatable bonds is 4. The van der Waals surface area contributed by atoms with E-state index in [1.807, 2.05) is 0 Å². The van der Waals surface area contributed by atoms with Gasteiger partial charge in [0.2, 0.25) is 0 Å². The Hall–Kier alpha value is -0.920. The number of alkyl halides is 1. The Morgan fingerprint density at radius 3 is 2.82 bits per heavy atom. The number of nitrogens with two attached hydrogens (primary N) is 1. The molecule has 0 rings (SSSR count). The molecule has 3 nitrogen and oxygen atoms in total. The van der Waals surface area contributed by atoms with Crippen LogP contribution in [0.3, 0.4) is 0 Å². The summed E-state index contributed by atoms with van der Waals surface area (Å²) in [5.41, 5.74) is 3.77. The van der Waals surface area contributed by atoms with Gasteiger partial charge in [-0.2, -0.15) is 5.26 Å². The summed E-state index contributed by atoms with van der Waals surface area (Å²) in [4.78, 5) is 0. The average molecular weight is 158 g/mol. The van der Waals surface area contributed by atoms with Crippen LogP contribution in [0.2, 0.25) is 0 Å². The molecule has 0 aromatic carbocycles. The first kappa shape index (κ1) is 10.1. The molecule has 0 saturated heterocycles. The lowest BCUT2D eigenvalue weighted by molar-refractivity contribution is 0.233. The Morgan fingerprint density at radius 2 is 2.45 bits per heavy atom. The first-order chi connectivity index (χ1) is 5.18. The summed E-state index contributed by atoms with van der Waals surface area (Å²) in [6.45, 7) is -0.551. The van der Waals surface area contributed by atoms with E-state index in [9.17, 15) is 4.39 Å². The summed E-state index contributed by atoms with van der Waals surface area (Å²) in [6, 6.07) is 1.65. The van der Waals surface area contributed by atoms with Crippen LogP contribution in [0.5, 0.6) is 0 Å². The van der Waals surface area contributed by atoms with Gasteiger partial charge in [-0.15, -0.1) is 0 Å². The zero-order valence-corrected chi connectivity index (χ0v) is 6.38. The average Bonchev–Trinajstić information content (AvgIpc) is 2.05. The number of halogens is 1. The summed E-state index contributed by atoms with van der Waals surface area (Å²) >= 11 is 0. The smallest absolute Gasteiger partial charge is 0.151 e. The van der Waals surface area contributed by atoms with Gasteiger partial charge in [0.1, 0.15) is 6.67 Å². The van der Waals surface area contributed by atoms with Crippen LogP contribution < -0.4 is 5.73 Å². The molecule has 62 valence electrons. The summed E-state index contributed by atoms with van der Waals surface area (Å²) in [7, 11) is 1.50. The van der Waals surface area contributed by atoms with E-state index in [1.165, 1.54) is 19.3 Å². The van der Waals surface area contributed by atoms with E-state index < -0.39 is 12.2 Å². The fraction of sp³-hybridized carbons (Fsp3) is 0.571. The summed E-state index contributed by atoms with van der Waals surface area (Å²) in [5.74, 6) is 0. The predicted molar refractivity (Wildman–Crippen MR) is 39.5 cm³/mol.